The van der Waals surface area contributed by atoms with Crippen molar-refractivity contribution in [3.05, 3.63) is 51.7 Å². The molecule has 3 rings (SSSR count). The molecule has 0 saturated carbocycles. The van der Waals surface area contributed by atoms with Gasteiger partial charge in [0.2, 0.25) is 5.91 Å². The van der Waals surface area contributed by atoms with E-state index >= 15 is 0 Å². The maximum absolute atomic E-state index is 12.2. The van der Waals surface area contributed by atoms with Crippen molar-refractivity contribution in [3.8, 4) is 0 Å². The summed E-state index contributed by atoms with van der Waals surface area (Å²) in [6.07, 6.45) is 1.63. The summed E-state index contributed by atoms with van der Waals surface area (Å²) in [5, 5.41) is 16.6. The summed E-state index contributed by atoms with van der Waals surface area (Å²) in [5.41, 5.74) is 0.564. The van der Waals surface area contributed by atoms with Crippen molar-refractivity contribution in [2.24, 2.45) is 7.05 Å². The molecule has 0 fully saturated rings. The second kappa shape index (κ2) is 9.11. The van der Waals surface area contributed by atoms with Crippen LogP contribution in [0.2, 0.25) is 0 Å². The van der Waals surface area contributed by atoms with Crippen molar-refractivity contribution >= 4 is 56.0 Å². The minimum atomic E-state index is -0.192. The third kappa shape index (κ3) is 5.37. The highest BCUT2D eigenvalue weighted by molar-refractivity contribution is 9.10. The normalized spacial score (nSPS) is 10.6. The Morgan fingerprint density at radius 2 is 2.04 bits per heavy atom. The number of carbonyl (C=O) groups is 2. The summed E-state index contributed by atoms with van der Waals surface area (Å²) in [6, 6.07) is 7.09. The van der Waals surface area contributed by atoms with E-state index in [4.69, 9.17) is 0 Å². The Morgan fingerprint density at radius 3 is 2.74 bits per heavy atom. The monoisotopic (exact) mass is 466 g/mol. The van der Waals surface area contributed by atoms with Crippen LogP contribution in [-0.2, 0) is 18.4 Å². The third-order valence-electron chi connectivity index (χ3n) is 3.45. The highest BCUT2D eigenvalue weighted by Crippen LogP contribution is 2.17. The van der Waals surface area contributed by atoms with E-state index < -0.39 is 0 Å². The first-order chi connectivity index (χ1) is 13.0. The van der Waals surface area contributed by atoms with Crippen LogP contribution in [0.1, 0.15) is 16.2 Å². The van der Waals surface area contributed by atoms with E-state index in [0.717, 1.165) is 4.47 Å². The number of carbonyl (C=O) groups excluding carboxylic acids is 2. The Labute approximate surface area is 171 Å². The first kappa shape index (κ1) is 19.5. The lowest BCUT2D eigenvalue weighted by atomic mass is 10.2. The van der Waals surface area contributed by atoms with Gasteiger partial charge in [-0.3, -0.25) is 9.59 Å². The zero-order valence-corrected chi connectivity index (χ0v) is 17.4. The van der Waals surface area contributed by atoms with Crippen molar-refractivity contribution in [2.45, 2.75) is 11.7 Å². The Balaban J connectivity index is 1.51. The molecule has 2 amide bonds. The van der Waals surface area contributed by atoms with Gasteiger partial charge >= 0.3 is 0 Å². The van der Waals surface area contributed by atoms with Crippen LogP contribution in [-0.4, -0.2) is 37.3 Å². The van der Waals surface area contributed by atoms with Crippen molar-refractivity contribution in [1.29, 1.82) is 0 Å². The van der Waals surface area contributed by atoms with Crippen LogP contribution < -0.4 is 10.6 Å². The topological polar surface area (TPSA) is 102 Å². The standard InChI is InChI=1S/C16H15BrN6O2S2/c1-23-12(8-19-14(25)10-2-4-11(17)5-3-10)21-22-16(23)27-9-13(24)20-15-18-6-7-26-15/h2-7H,8-9H2,1H3,(H,19,25)(H,18,20,24). The molecular formula is C16H15BrN6O2S2. The molecule has 0 saturated heterocycles. The van der Waals surface area contributed by atoms with E-state index in [2.05, 4.69) is 41.7 Å². The molecule has 0 aliphatic carbocycles. The molecule has 0 spiro atoms. The van der Waals surface area contributed by atoms with Crippen molar-refractivity contribution in [2.75, 3.05) is 11.1 Å². The lowest BCUT2D eigenvalue weighted by Crippen LogP contribution is -2.24. The lowest BCUT2D eigenvalue weighted by Gasteiger charge is -2.06. The highest BCUT2D eigenvalue weighted by atomic mass is 79.9. The Morgan fingerprint density at radius 1 is 1.26 bits per heavy atom. The number of benzene rings is 1. The number of nitrogens with zero attached hydrogens (tertiary/aromatic N) is 4. The summed E-state index contributed by atoms with van der Waals surface area (Å²) >= 11 is 5.96. The van der Waals surface area contributed by atoms with Gasteiger partial charge in [-0.1, -0.05) is 27.7 Å². The van der Waals surface area contributed by atoms with Crippen LogP contribution in [0, 0.1) is 0 Å². The summed E-state index contributed by atoms with van der Waals surface area (Å²) in [7, 11) is 1.79. The van der Waals surface area contributed by atoms with E-state index in [1.807, 2.05) is 12.1 Å². The lowest BCUT2D eigenvalue weighted by molar-refractivity contribution is -0.113. The fourth-order valence-electron chi connectivity index (χ4n) is 2.06. The first-order valence-corrected chi connectivity index (χ1v) is 10.4. The molecule has 0 aliphatic heterocycles. The smallest absolute Gasteiger partial charge is 0.251 e. The van der Waals surface area contributed by atoms with Crippen molar-refractivity contribution in [1.82, 2.24) is 25.1 Å². The number of aromatic nitrogens is 4. The molecule has 0 unspecified atom stereocenters. The number of hydrogen-bond acceptors (Lipinski definition) is 7. The van der Waals surface area contributed by atoms with Gasteiger partial charge in [-0.2, -0.15) is 0 Å². The average Bonchev–Trinajstić information content (AvgIpc) is 3.28. The van der Waals surface area contributed by atoms with Crippen LogP contribution in [0.3, 0.4) is 0 Å². The molecule has 27 heavy (non-hydrogen) atoms. The third-order valence-corrected chi connectivity index (χ3v) is 5.69. The van der Waals surface area contributed by atoms with Crippen LogP contribution in [0.5, 0.6) is 0 Å². The van der Waals surface area contributed by atoms with Crippen LogP contribution in [0.15, 0.2) is 45.5 Å². The number of nitrogens with one attached hydrogen (secondary N) is 2. The van der Waals surface area contributed by atoms with E-state index in [9.17, 15) is 9.59 Å². The number of anilines is 1. The van der Waals surface area contributed by atoms with E-state index in [0.29, 0.717) is 21.7 Å². The molecule has 2 heterocycles. The summed E-state index contributed by atoms with van der Waals surface area (Å²) in [4.78, 5) is 28.1. The molecule has 3 aromatic rings. The molecule has 0 bridgehead atoms. The Bertz CT molecular complexity index is 927. The summed E-state index contributed by atoms with van der Waals surface area (Å²) in [6.45, 7) is 0.240. The van der Waals surface area contributed by atoms with E-state index in [-0.39, 0.29) is 24.1 Å². The van der Waals surface area contributed by atoms with E-state index in [1.165, 1.54) is 23.1 Å². The zero-order valence-electron chi connectivity index (χ0n) is 14.2. The SMILES string of the molecule is Cn1c(CNC(=O)c2ccc(Br)cc2)nnc1SCC(=O)Nc1nccs1. The quantitative estimate of drug-likeness (QED) is 0.519. The predicted octanol–water partition coefficient (Wildman–Crippen LogP) is 2.69. The molecule has 8 nitrogen and oxygen atoms in total. The van der Waals surface area contributed by atoms with Gasteiger partial charge in [-0.25, -0.2) is 4.98 Å². The van der Waals surface area contributed by atoms with Gasteiger partial charge in [0, 0.05) is 28.7 Å². The summed E-state index contributed by atoms with van der Waals surface area (Å²) in [5.74, 6) is 0.436. The number of thioether (sulfide) groups is 1. The molecular weight excluding hydrogens is 452 g/mol. The van der Waals surface area contributed by atoms with Crippen molar-refractivity contribution < 1.29 is 9.59 Å². The summed E-state index contributed by atoms with van der Waals surface area (Å²) < 4.78 is 2.66. The van der Waals surface area contributed by atoms with Gasteiger partial charge in [-0.15, -0.1) is 21.5 Å². The largest absolute Gasteiger partial charge is 0.345 e. The minimum absolute atomic E-state index is 0.164. The number of thiazole rings is 1. The predicted molar refractivity (Wildman–Crippen MR) is 108 cm³/mol. The number of amides is 2. The van der Waals surface area contributed by atoms with Gasteiger partial charge in [-0.05, 0) is 24.3 Å². The van der Waals surface area contributed by atoms with Gasteiger partial charge in [0.25, 0.3) is 5.91 Å². The molecule has 0 radical (unpaired) electrons. The molecule has 140 valence electrons. The highest BCUT2D eigenvalue weighted by Gasteiger charge is 2.13. The molecule has 2 aromatic heterocycles. The second-order valence-corrected chi connectivity index (χ2v) is 8.07. The van der Waals surface area contributed by atoms with Gasteiger partial charge in [0.1, 0.15) is 0 Å². The molecule has 1 aromatic carbocycles. The number of hydrogen-bond donors (Lipinski definition) is 2. The zero-order chi connectivity index (χ0) is 19.2. The molecule has 11 heteroatoms. The second-order valence-electron chi connectivity index (χ2n) is 5.32. The van der Waals surface area contributed by atoms with Gasteiger partial charge in [0.05, 0.1) is 12.3 Å². The number of rotatable bonds is 7. The maximum atomic E-state index is 12.2. The van der Waals surface area contributed by atoms with Gasteiger partial charge in [0.15, 0.2) is 16.1 Å². The van der Waals surface area contributed by atoms with Crippen molar-refractivity contribution in [3.63, 3.8) is 0 Å². The van der Waals surface area contributed by atoms with Crippen LogP contribution in [0.4, 0.5) is 5.13 Å². The minimum Gasteiger partial charge on any atom is -0.345 e. The fraction of sp³-hybridized carbons (Fsp3) is 0.188. The molecule has 0 aliphatic rings. The maximum Gasteiger partial charge on any atom is 0.251 e. The Hall–Kier alpha value is -2.24. The molecule has 2 N–H and O–H groups in total. The average molecular weight is 467 g/mol. The van der Waals surface area contributed by atoms with Crippen LogP contribution >= 0.6 is 39.0 Å². The van der Waals surface area contributed by atoms with Crippen LogP contribution in [0.25, 0.3) is 0 Å². The molecule has 0 atom stereocenters. The Kier molecular flexibility index (Phi) is 6.58. The van der Waals surface area contributed by atoms with Gasteiger partial charge < -0.3 is 15.2 Å². The fourth-order valence-corrected chi connectivity index (χ4v) is 3.60. The van der Waals surface area contributed by atoms with E-state index in [1.54, 1.807) is 35.3 Å². The first-order valence-electron chi connectivity index (χ1n) is 7.77. The number of halogens is 1.